The number of hydrogen-bond donors (Lipinski definition) is 2. The second kappa shape index (κ2) is 6.88. The van der Waals surface area contributed by atoms with Crippen LogP contribution in [0.15, 0.2) is 40.9 Å². The maximum Gasteiger partial charge on any atom is 0.128 e. The molecule has 5 heteroatoms. The van der Waals surface area contributed by atoms with Gasteiger partial charge in [-0.2, -0.15) is 0 Å². The topological polar surface area (TPSA) is 46.2 Å². The summed E-state index contributed by atoms with van der Waals surface area (Å²) < 4.78 is 15.0. The molecule has 0 radical (unpaired) electrons. The highest BCUT2D eigenvalue weighted by Crippen LogP contribution is 2.37. The third-order valence-corrected chi connectivity index (χ3v) is 4.38. The molecule has 2 atom stereocenters. The van der Waals surface area contributed by atoms with Gasteiger partial charge in [0.2, 0.25) is 0 Å². The van der Waals surface area contributed by atoms with Crippen LogP contribution in [0.3, 0.4) is 0 Å². The molecular weight excluding hydrogens is 357 g/mol. The van der Waals surface area contributed by atoms with Crippen LogP contribution in [0.2, 0.25) is 5.02 Å². The lowest BCUT2D eigenvalue weighted by Crippen LogP contribution is -2.22. The molecular formula is C16H16BrClFNO. The largest absolute Gasteiger partial charge is 0.388 e. The van der Waals surface area contributed by atoms with Gasteiger partial charge in [0.1, 0.15) is 5.82 Å². The van der Waals surface area contributed by atoms with Gasteiger partial charge in [-0.1, -0.05) is 39.7 Å². The fourth-order valence-electron chi connectivity index (χ4n) is 2.46. The number of benzene rings is 2. The zero-order chi connectivity index (χ0) is 15.6. The molecule has 0 spiro atoms. The van der Waals surface area contributed by atoms with Crippen molar-refractivity contribution in [3.05, 3.63) is 68.4 Å². The Balaban J connectivity index is 2.46. The maximum absolute atomic E-state index is 14.1. The van der Waals surface area contributed by atoms with Crippen molar-refractivity contribution in [1.29, 1.82) is 0 Å². The Morgan fingerprint density at radius 2 is 2.05 bits per heavy atom. The lowest BCUT2D eigenvalue weighted by Gasteiger charge is -2.25. The normalized spacial score (nSPS) is 14.0. The average molecular weight is 373 g/mol. The van der Waals surface area contributed by atoms with Crippen molar-refractivity contribution in [3.8, 4) is 0 Å². The summed E-state index contributed by atoms with van der Waals surface area (Å²) in [6.45, 7) is 1.98. The summed E-state index contributed by atoms with van der Waals surface area (Å²) in [6.07, 6.45) is -0.919. The summed E-state index contributed by atoms with van der Waals surface area (Å²) in [4.78, 5) is 0. The lowest BCUT2D eigenvalue weighted by molar-refractivity contribution is 0.145. The number of hydrogen-bond acceptors (Lipinski definition) is 2. The summed E-state index contributed by atoms with van der Waals surface area (Å²) in [5, 5.41) is 10.9. The van der Waals surface area contributed by atoms with Crippen LogP contribution in [-0.2, 0) is 0 Å². The predicted molar refractivity (Wildman–Crippen MR) is 87.0 cm³/mol. The van der Waals surface area contributed by atoms with Crippen molar-refractivity contribution in [2.45, 2.75) is 18.9 Å². The van der Waals surface area contributed by atoms with Crippen molar-refractivity contribution in [1.82, 2.24) is 0 Å². The quantitative estimate of drug-likeness (QED) is 0.839. The van der Waals surface area contributed by atoms with Crippen LogP contribution in [0.5, 0.6) is 0 Å². The molecule has 2 rings (SSSR count). The second-order valence-corrected chi connectivity index (χ2v) is 6.25. The molecule has 2 aromatic rings. The molecule has 0 saturated heterocycles. The zero-order valence-corrected chi connectivity index (χ0v) is 13.8. The highest BCUT2D eigenvalue weighted by molar-refractivity contribution is 9.10. The van der Waals surface area contributed by atoms with E-state index in [1.807, 2.05) is 25.1 Å². The fourth-order valence-corrected chi connectivity index (χ4v) is 3.24. The molecule has 2 nitrogen and oxygen atoms in total. The van der Waals surface area contributed by atoms with E-state index >= 15 is 0 Å². The van der Waals surface area contributed by atoms with Gasteiger partial charge in [0.05, 0.1) is 6.10 Å². The maximum atomic E-state index is 14.1. The molecule has 0 aromatic heterocycles. The van der Waals surface area contributed by atoms with Crippen molar-refractivity contribution < 1.29 is 9.50 Å². The Labute approximate surface area is 136 Å². The molecule has 0 aliphatic carbocycles. The van der Waals surface area contributed by atoms with Crippen LogP contribution in [-0.4, -0.2) is 11.7 Å². The van der Waals surface area contributed by atoms with Crippen LogP contribution in [0.25, 0.3) is 0 Å². The zero-order valence-electron chi connectivity index (χ0n) is 11.5. The Bertz CT molecular complexity index is 630. The van der Waals surface area contributed by atoms with Crippen LogP contribution >= 0.6 is 27.5 Å². The van der Waals surface area contributed by atoms with E-state index in [0.717, 1.165) is 10.0 Å². The van der Waals surface area contributed by atoms with E-state index in [1.165, 1.54) is 12.1 Å². The van der Waals surface area contributed by atoms with Crippen LogP contribution in [0, 0.1) is 12.7 Å². The SMILES string of the molecule is Cc1cc(Br)ccc1C(O)C(CN)c1c(F)cccc1Cl. The van der Waals surface area contributed by atoms with Gasteiger partial charge in [0.15, 0.2) is 0 Å². The number of aryl methyl sites for hydroxylation is 1. The predicted octanol–water partition coefficient (Wildman–Crippen LogP) is 4.33. The summed E-state index contributed by atoms with van der Waals surface area (Å²) in [6, 6.07) is 10.00. The third kappa shape index (κ3) is 3.46. The van der Waals surface area contributed by atoms with Crippen molar-refractivity contribution in [3.63, 3.8) is 0 Å². The van der Waals surface area contributed by atoms with Gasteiger partial charge < -0.3 is 10.8 Å². The minimum atomic E-state index is -0.919. The highest BCUT2D eigenvalue weighted by Gasteiger charge is 2.27. The Hall–Kier alpha value is -0.940. The van der Waals surface area contributed by atoms with E-state index in [-0.39, 0.29) is 17.1 Å². The third-order valence-electron chi connectivity index (χ3n) is 3.56. The standard InChI is InChI=1S/C16H16BrClFNO/c1-9-7-10(17)5-6-11(9)16(21)12(8-20)15-13(18)3-2-4-14(15)19/h2-7,12,16,21H,8,20H2,1H3. The van der Waals surface area contributed by atoms with Crippen LogP contribution in [0.4, 0.5) is 4.39 Å². The number of halogens is 3. The minimum Gasteiger partial charge on any atom is -0.388 e. The van der Waals surface area contributed by atoms with Crippen LogP contribution < -0.4 is 5.73 Å². The van der Waals surface area contributed by atoms with Crippen molar-refractivity contribution >= 4 is 27.5 Å². The number of rotatable bonds is 4. The molecule has 0 aliphatic heterocycles. The fraction of sp³-hybridized carbons (Fsp3) is 0.250. The summed E-state index contributed by atoms with van der Waals surface area (Å²) in [5.41, 5.74) is 7.65. The molecule has 0 heterocycles. The summed E-state index contributed by atoms with van der Waals surface area (Å²) >= 11 is 9.47. The molecule has 21 heavy (non-hydrogen) atoms. The van der Waals surface area contributed by atoms with Crippen molar-refractivity contribution in [2.24, 2.45) is 5.73 Å². The molecule has 112 valence electrons. The Kier molecular flexibility index (Phi) is 5.38. The van der Waals surface area contributed by atoms with E-state index in [1.54, 1.807) is 6.07 Å². The van der Waals surface area contributed by atoms with Gasteiger partial charge in [0.25, 0.3) is 0 Å². The van der Waals surface area contributed by atoms with Crippen molar-refractivity contribution in [2.75, 3.05) is 6.54 Å². The van der Waals surface area contributed by atoms with Gasteiger partial charge in [0, 0.05) is 27.5 Å². The summed E-state index contributed by atoms with van der Waals surface area (Å²) in [7, 11) is 0. The molecule has 3 N–H and O–H groups in total. The van der Waals surface area contributed by atoms with E-state index in [0.29, 0.717) is 5.56 Å². The molecule has 0 saturated carbocycles. The number of nitrogens with two attached hydrogens (primary N) is 1. The summed E-state index contributed by atoms with van der Waals surface area (Å²) in [5.74, 6) is -1.05. The molecule has 0 bridgehead atoms. The van der Waals surface area contributed by atoms with Gasteiger partial charge in [-0.25, -0.2) is 4.39 Å². The first-order chi connectivity index (χ1) is 9.95. The molecule has 0 aliphatic rings. The van der Waals surface area contributed by atoms with Gasteiger partial charge in [-0.05, 0) is 42.3 Å². The minimum absolute atomic E-state index is 0.0946. The number of aliphatic hydroxyl groups is 1. The first-order valence-electron chi connectivity index (χ1n) is 6.53. The average Bonchev–Trinajstić information content (AvgIpc) is 2.42. The number of aliphatic hydroxyl groups excluding tert-OH is 1. The second-order valence-electron chi connectivity index (χ2n) is 4.92. The highest BCUT2D eigenvalue weighted by atomic mass is 79.9. The van der Waals surface area contributed by atoms with Crippen LogP contribution in [0.1, 0.15) is 28.7 Å². The Morgan fingerprint density at radius 3 is 2.62 bits per heavy atom. The first kappa shape index (κ1) is 16.4. The Morgan fingerprint density at radius 1 is 1.33 bits per heavy atom. The van der Waals surface area contributed by atoms with E-state index in [2.05, 4.69) is 15.9 Å². The monoisotopic (exact) mass is 371 g/mol. The van der Waals surface area contributed by atoms with E-state index in [4.69, 9.17) is 17.3 Å². The van der Waals surface area contributed by atoms with Gasteiger partial charge in [-0.15, -0.1) is 0 Å². The smallest absolute Gasteiger partial charge is 0.128 e. The molecule has 0 fully saturated rings. The van der Waals surface area contributed by atoms with Gasteiger partial charge >= 0.3 is 0 Å². The van der Waals surface area contributed by atoms with E-state index < -0.39 is 17.8 Å². The lowest BCUT2D eigenvalue weighted by atomic mass is 9.87. The molecule has 2 unspecified atom stereocenters. The molecule has 2 aromatic carbocycles. The molecule has 0 amide bonds. The van der Waals surface area contributed by atoms with E-state index in [9.17, 15) is 9.50 Å². The van der Waals surface area contributed by atoms with Gasteiger partial charge in [-0.3, -0.25) is 0 Å². The first-order valence-corrected chi connectivity index (χ1v) is 7.71.